The van der Waals surface area contributed by atoms with Gasteiger partial charge < -0.3 is 9.64 Å². The molecule has 1 aromatic rings. The summed E-state index contributed by atoms with van der Waals surface area (Å²) in [6, 6.07) is 3.79. The molecule has 1 aromatic carbocycles. The van der Waals surface area contributed by atoms with Gasteiger partial charge in [-0.25, -0.2) is 0 Å². The smallest absolute Gasteiger partial charge is 0.269 e. The second kappa shape index (κ2) is 7.70. The van der Waals surface area contributed by atoms with Gasteiger partial charge in [0.05, 0.1) is 23.8 Å². The Bertz CT molecular complexity index is 1080. The third-order valence-corrected chi connectivity index (χ3v) is 6.86. The van der Waals surface area contributed by atoms with E-state index in [-0.39, 0.29) is 36.7 Å². The molecule has 4 amide bonds. The molecule has 2 N–H and O–H groups in total. The normalized spacial score (nSPS) is 23.0. The van der Waals surface area contributed by atoms with Crippen LogP contribution in [0.25, 0.3) is 0 Å². The van der Waals surface area contributed by atoms with Crippen LogP contribution in [0.2, 0.25) is 0 Å². The zero-order valence-corrected chi connectivity index (χ0v) is 17.4. The molecular formula is C19H21N3O8S. The number of hydrogen-bond acceptors (Lipinski definition) is 8. The van der Waals surface area contributed by atoms with Crippen LogP contribution >= 0.6 is 0 Å². The molecular weight excluding hydrogens is 430 g/mol. The number of hydrogen-bond donors (Lipinski definition) is 2. The highest BCUT2D eigenvalue weighted by atomic mass is 32.2. The maximum absolute atomic E-state index is 12.9. The van der Waals surface area contributed by atoms with Crippen molar-refractivity contribution in [1.29, 1.82) is 0 Å². The van der Waals surface area contributed by atoms with Gasteiger partial charge in [0.2, 0.25) is 11.8 Å². The lowest BCUT2D eigenvalue weighted by atomic mass is 10.0. The number of anilines is 1. The molecule has 0 saturated carbocycles. The molecule has 0 spiro atoms. The number of carbonyl (C=O) groups is 4. The highest BCUT2D eigenvalue weighted by Gasteiger charge is 2.45. The minimum atomic E-state index is -4.15. The second-order valence-electron chi connectivity index (χ2n) is 7.86. The summed E-state index contributed by atoms with van der Waals surface area (Å²) in [7, 11) is -4.15. The van der Waals surface area contributed by atoms with Crippen molar-refractivity contribution in [2.75, 3.05) is 24.6 Å². The Labute approximate surface area is 178 Å². The Kier molecular flexibility index (Phi) is 5.31. The topological polar surface area (TPSA) is 150 Å². The summed E-state index contributed by atoms with van der Waals surface area (Å²) in [4.78, 5) is 51.9. The zero-order chi connectivity index (χ0) is 22.5. The van der Waals surface area contributed by atoms with Gasteiger partial charge in [-0.1, -0.05) is 0 Å². The Morgan fingerprint density at radius 2 is 1.84 bits per heavy atom. The lowest BCUT2D eigenvalue weighted by molar-refractivity contribution is -0.136. The quantitative estimate of drug-likeness (QED) is 0.434. The molecule has 2 atom stereocenters. The Morgan fingerprint density at radius 1 is 1.16 bits per heavy atom. The van der Waals surface area contributed by atoms with E-state index < -0.39 is 45.0 Å². The summed E-state index contributed by atoms with van der Waals surface area (Å²) in [5.41, 5.74) is 1.08. The van der Waals surface area contributed by atoms with Crippen LogP contribution in [0.4, 0.5) is 5.69 Å². The van der Waals surface area contributed by atoms with Crippen LogP contribution in [-0.2, 0) is 24.4 Å². The number of carbonyl (C=O) groups excluding carboxylic acids is 4. The van der Waals surface area contributed by atoms with Gasteiger partial charge in [0, 0.05) is 25.2 Å². The highest BCUT2D eigenvalue weighted by molar-refractivity contribution is 7.86. The summed E-state index contributed by atoms with van der Waals surface area (Å²) in [6.07, 6.45) is -0.0777. The van der Waals surface area contributed by atoms with E-state index in [9.17, 15) is 27.6 Å². The molecule has 3 aliphatic heterocycles. The minimum absolute atomic E-state index is 0.0560. The number of nitrogens with one attached hydrogen (secondary N) is 1. The molecule has 2 fully saturated rings. The Morgan fingerprint density at radius 3 is 2.48 bits per heavy atom. The number of benzene rings is 1. The fourth-order valence-corrected chi connectivity index (χ4v) is 4.02. The summed E-state index contributed by atoms with van der Waals surface area (Å²) < 4.78 is 36.5. The first-order valence-electron chi connectivity index (χ1n) is 9.74. The molecule has 12 heteroatoms. The molecule has 4 rings (SSSR count). The van der Waals surface area contributed by atoms with Gasteiger partial charge in [-0.2, -0.15) is 8.42 Å². The monoisotopic (exact) mass is 451 g/mol. The number of nitrogens with zero attached hydrogens (tertiary/aromatic N) is 2. The van der Waals surface area contributed by atoms with E-state index in [1.807, 2.05) is 4.90 Å². The lowest BCUT2D eigenvalue weighted by Crippen LogP contribution is -2.54. The first-order chi connectivity index (χ1) is 14.6. The van der Waals surface area contributed by atoms with Gasteiger partial charge in [0.15, 0.2) is 0 Å². The molecule has 11 nitrogen and oxygen atoms in total. The molecule has 0 bridgehead atoms. The van der Waals surface area contributed by atoms with Crippen molar-refractivity contribution in [3.8, 4) is 0 Å². The summed E-state index contributed by atoms with van der Waals surface area (Å²) >= 11 is 0. The average molecular weight is 451 g/mol. The van der Waals surface area contributed by atoms with Gasteiger partial charge in [0.25, 0.3) is 21.9 Å². The molecule has 0 aliphatic carbocycles. The van der Waals surface area contributed by atoms with Crippen LogP contribution in [0.3, 0.4) is 0 Å². The van der Waals surface area contributed by atoms with Crippen LogP contribution in [0.5, 0.6) is 0 Å². The van der Waals surface area contributed by atoms with Crippen molar-refractivity contribution in [1.82, 2.24) is 10.2 Å². The predicted octanol–water partition coefficient (Wildman–Crippen LogP) is -0.431. The Balaban J connectivity index is 1.42. The number of amides is 4. The number of fused-ring (bicyclic) bond motifs is 1. The van der Waals surface area contributed by atoms with Crippen LogP contribution in [0.15, 0.2) is 18.2 Å². The van der Waals surface area contributed by atoms with Gasteiger partial charge in [-0.05, 0) is 31.5 Å². The van der Waals surface area contributed by atoms with Crippen molar-refractivity contribution in [2.24, 2.45) is 0 Å². The molecule has 3 aliphatic rings. The van der Waals surface area contributed by atoms with Crippen LogP contribution in [0.1, 0.15) is 40.5 Å². The predicted molar refractivity (Wildman–Crippen MR) is 106 cm³/mol. The third kappa shape index (κ3) is 3.93. The van der Waals surface area contributed by atoms with Crippen LogP contribution in [0, 0.1) is 0 Å². The Hall–Kier alpha value is -2.83. The van der Waals surface area contributed by atoms with Gasteiger partial charge in [-0.3, -0.25) is 33.9 Å². The largest absolute Gasteiger partial charge is 0.373 e. The molecule has 31 heavy (non-hydrogen) atoms. The molecule has 2 saturated heterocycles. The van der Waals surface area contributed by atoms with Gasteiger partial charge >= 0.3 is 0 Å². The van der Waals surface area contributed by atoms with Crippen molar-refractivity contribution in [2.45, 2.75) is 37.2 Å². The van der Waals surface area contributed by atoms with Crippen LogP contribution < -0.4 is 10.2 Å². The third-order valence-electron chi connectivity index (χ3n) is 5.71. The fourth-order valence-electron chi connectivity index (χ4n) is 3.77. The van der Waals surface area contributed by atoms with E-state index in [1.165, 1.54) is 13.0 Å². The van der Waals surface area contributed by atoms with E-state index in [1.54, 1.807) is 12.1 Å². The standard InChI is InChI=1S/C19H21N3O8S/c1-10(31(27,28)29)9-30-12-7-21(8-12)11-2-3-13-14(6-11)19(26)22(18(13)25)15-4-5-16(23)20-17(15)24/h2-3,6,10,12,15H,4-5,7-9H2,1H3,(H,20,23,24)(H,27,28,29). The zero-order valence-electron chi connectivity index (χ0n) is 16.6. The van der Waals surface area contributed by atoms with E-state index in [4.69, 9.17) is 9.29 Å². The number of rotatable bonds is 6. The highest BCUT2D eigenvalue weighted by Crippen LogP contribution is 2.32. The van der Waals surface area contributed by atoms with E-state index in [0.29, 0.717) is 18.8 Å². The maximum Gasteiger partial charge on any atom is 0.269 e. The van der Waals surface area contributed by atoms with Gasteiger partial charge in [0.1, 0.15) is 11.3 Å². The second-order valence-corrected chi connectivity index (χ2v) is 9.70. The number of piperidine rings is 1. The molecule has 3 heterocycles. The first-order valence-corrected chi connectivity index (χ1v) is 11.2. The van der Waals surface area contributed by atoms with E-state index in [2.05, 4.69) is 5.32 Å². The van der Waals surface area contributed by atoms with E-state index >= 15 is 0 Å². The van der Waals surface area contributed by atoms with Crippen molar-refractivity contribution in [3.63, 3.8) is 0 Å². The van der Waals surface area contributed by atoms with Crippen molar-refractivity contribution < 1.29 is 36.9 Å². The summed E-state index contributed by atoms with van der Waals surface area (Å²) in [5.74, 6) is -2.23. The van der Waals surface area contributed by atoms with Crippen LogP contribution in [-0.4, -0.2) is 78.6 Å². The van der Waals surface area contributed by atoms with Crippen molar-refractivity contribution >= 4 is 39.4 Å². The molecule has 2 unspecified atom stereocenters. The minimum Gasteiger partial charge on any atom is -0.373 e. The fraction of sp³-hybridized carbons (Fsp3) is 0.474. The number of imide groups is 2. The average Bonchev–Trinajstić information content (AvgIpc) is 2.90. The number of ether oxygens (including phenoxy) is 1. The molecule has 166 valence electrons. The summed E-state index contributed by atoms with van der Waals surface area (Å²) in [5, 5.41) is 1.13. The van der Waals surface area contributed by atoms with E-state index in [0.717, 1.165) is 4.90 Å². The molecule has 0 aromatic heterocycles. The SMILES string of the molecule is CC(COC1CN(c2ccc3c(c2)C(=O)N(C2CCC(=O)NC2=O)C3=O)C1)S(=O)(=O)O. The summed E-state index contributed by atoms with van der Waals surface area (Å²) in [6.45, 7) is 2.13. The molecule has 0 radical (unpaired) electrons. The van der Waals surface area contributed by atoms with Gasteiger partial charge in [-0.15, -0.1) is 0 Å². The van der Waals surface area contributed by atoms with Crippen molar-refractivity contribution in [3.05, 3.63) is 29.3 Å². The maximum atomic E-state index is 12.9. The lowest BCUT2D eigenvalue weighted by Gasteiger charge is -2.41. The first kappa shape index (κ1) is 21.4.